The normalized spacial score (nSPS) is 21.4. The molecule has 1 unspecified atom stereocenters. The van der Waals surface area contributed by atoms with Crippen molar-refractivity contribution in [2.45, 2.75) is 39.0 Å². The van der Waals surface area contributed by atoms with Crippen LogP contribution in [-0.2, 0) is 14.3 Å². The number of thioether (sulfide) groups is 1. The van der Waals surface area contributed by atoms with Gasteiger partial charge in [-0.3, -0.25) is 24.7 Å². The zero-order valence-corrected chi connectivity index (χ0v) is 17.4. The van der Waals surface area contributed by atoms with Crippen LogP contribution in [0.15, 0.2) is 40.5 Å². The number of ketones is 1. The molecule has 1 aliphatic heterocycles. The number of benzene rings is 1. The maximum atomic E-state index is 13.0. The number of nitro benzene ring substituents is 1. The lowest BCUT2D eigenvalue weighted by Crippen LogP contribution is -2.37. The number of nitrogens with zero attached hydrogens (tertiary/aromatic N) is 2. The Bertz CT molecular complexity index is 893. The SMILES string of the molecule is CCSCCOC(=O)C1C(C)=NC2=C(C(=O)CCC2)[C@@H]1c1cccc([N+](=O)[O-])c1. The molecular weight excluding hydrogens is 392 g/mol. The summed E-state index contributed by atoms with van der Waals surface area (Å²) in [5, 5.41) is 11.3. The van der Waals surface area contributed by atoms with E-state index in [0.29, 0.717) is 41.1 Å². The number of hydrogen-bond donors (Lipinski definition) is 0. The fourth-order valence-electron chi connectivity index (χ4n) is 3.94. The van der Waals surface area contributed by atoms with Crippen molar-refractivity contribution in [3.63, 3.8) is 0 Å². The van der Waals surface area contributed by atoms with Gasteiger partial charge in [0.2, 0.25) is 0 Å². The molecule has 0 radical (unpaired) electrons. The highest BCUT2D eigenvalue weighted by atomic mass is 32.2. The van der Waals surface area contributed by atoms with E-state index in [0.717, 1.165) is 12.2 Å². The molecule has 0 aromatic heterocycles. The van der Waals surface area contributed by atoms with Crippen molar-refractivity contribution in [3.8, 4) is 0 Å². The summed E-state index contributed by atoms with van der Waals surface area (Å²) in [5.74, 6) is -0.226. The first-order valence-electron chi connectivity index (χ1n) is 9.74. The first kappa shape index (κ1) is 21.2. The Labute approximate surface area is 173 Å². The van der Waals surface area contributed by atoms with Crippen molar-refractivity contribution in [3.05, 3.63) is 51.2 Å². The Kier molecular flexibility index (Phi) is 6.84. The number of Topliss-reactive ketones (excluding diaryl/α,β-unsaturated/α-hetero) is 1. The third-order valence-electron chi connectivity index (χ3n) is 5.20. The molecule has 154 valence electrons. The Morgan fingerprint density at radius 3 is 2.90 bits per heavy atom. The van der Waals surface area contributed by atoms with E-state index in [9.17, 15) is 19.7 Å². The highest BCUT2D eigenvalue weighted by Crippen LogP contribution is 2.44. The van der Waals surface area contributed by atoms with Gasteiger partial charge in [-0.15, -0.1) is 0 Å². The maximum absolute atomic E-state index is 13.0. The number of hydrogen-bond acceptors (Lipinski definition) is 7. The molecule has 7 nitrogen and oxygen atoms in total. The van der Waals surface area contributed by atoms with Gasteiger partial charge in [-0.25, -0.2) is 0 Å². The second kappa shape index (κ2) is 9.35. The summed E-state index contributed by atoms with van der Waals surface area (Å²) in [4.78, 5) is 41.1. The number of carbonyl (C=O) groups excluding carboxylic acids is 2. The Hall–Kier alpha value is -2.48. The van der Waals surface area contributed by atoms with E-state index in [1.807, 2.05) is 6.92 Å². The van der Waals surface area contributed by atoms with E-state index >= 15 is 0 Å². The summed E-state index contributed by atoms with van der Waals surface area (Å²) in [7, 11) is 0. The van der Waals surface area contributed by atoms with E-state index in [1.54, 1.807) is 30.8 Å². The average molecular weight is 416 g/mol. The largest absolute Gasteiger partial charge is 0.464 e. The van der Waals surface area contributed by atoms with Crippen molar-refractivity contribution < 1.29 is 19.2 Å². The lowest BCUT2D eigenvalue weighted by Gasteiger charge is -2.34. The lowest BCUT2D eigenvalue weighted by atomic mass is 9.71. The molecule has 0 spiro atoms. The van der Waals surface area contributed by atoms with Gasteiger partial charge >= 0.3 is 5.97 Å². The van der Waals surface area contributed by atoms with Crippen LogP contribution in [0.3, 0.4) is 0 Å². The Balaban J connectivity index is 2.02. The number of nitro groups is 1. The molecule has 0 saturated heterocycles. The van der Waals surface area contributed by atoms with Crippen molar-refractivity contribution in [1.29, 1.82) is 0 Å². The van der Waals surface area contributed by atoms with Crippen LogP contribution in [0.4, 0.5) is 5.69 Å². The molecule has 1 aromatic rings. The number of non-ortho nitro benzene ring substituents is 1. The summed E-state index contributed by atoms with van der Waals surface area (Å²) < 4.78 is 5.49. The van der Waals surface area contributed by atoms with Gasteiger partial charge in [0.15, 0.2) is 5.78 Å². The van der Waals surface area contributed by atoms with Crippen LogP contribution in [0.2, 0.25) is 0 Å². The fourth-order valence-corrected chi connectivity index (χ4v) is 4.43. The third kappa shape index (κ3) is 4.58. The Morgan fingerprint density at radius 2 is 2.17 bits per heavy atom. The highest BCUT2D eigenvalue weighted by molar-refractivity contribution is 7.99. The summed E-state index contributed by atoms with van der Waals surface area (Å²) in [6.07, 6.45) is 1.78. The molecule has 0 N–H and O–H groups in total. The van der Waals surface area contributed by atoms with E-state index in [4.69, 9.17) is 4.74 Å². The van der Waals surface area contributed by atoms with Gasteiger partial charge in [-0.2, -0.15) is 11.8 Å². The molecule has 1 heterocycles. The number of ether oxygens (including phenoxy) is 1. The quantitative estimate of drug-likeness (QED) is 0.287. The van der Waals surface area contributed by atoms with Crippen LogP contribution in [0.25, 0.3) is 0 Å². The average Bonchev–Trinajstić information content (AvgIpc) is 2.70. The number of rotatable bonds is 7. The first-order chi connectivity index (χ1) is 13.9. The first-order valence-corrected chi connectivity index (χ1v) is 10.9. The van der Waals surface area contributed by atoms with Gasteiger partial charge in [0.25, 0.3) is 5.69 Å². The summed E-state index contributed by atoms with van der Waals surface area (Å²) in [6, 6.07) is 6.17. The summed E-state index contributed by atoms with van der Waals surface area (Å²) in [6.45, 7) is 4.08. The summed E-state index contributed by atoms with van der Waals surface area (Å²) in [5.41, 5.74) is 2.29. The zero-order chi connectivity index (χ0) is 21.0. The van der Waals surface area contributed by atoms with Gasteiger partial charge in [-0.05, 0) is 31.1 Å². The minimum atomic E-state index is -0.760. The van der Waals surface area contributed by atoms with E-state index < -0.39 is 22.7 Å². The smallest absolute Gasteiger partial charge is 0.315 e. The van der Waals surface area contributed by atoms with E-state index in [1.165, 1.54) is 12.1 Å². The number of esters is 1. The molecule has 8 heteroatoms. The van der Waals surface area contributed by atoms with Crippen molar-refractivity contribution in [2.24, 2.45) is 10.9 Å². The predicted octanol–water partition coefficient (Wildman–Crippen LogP) is 4.07. The van der Waals surface area contributed by atoms with Gasteiger partial charge in [0.1, 0.15) is 12.5 Å². The molecule has 0 bridgehead atoms. The standard InChI is InChI=1S/C21H24N2O5S/c1-3-29-11-10-28-21(25)18-13(2)22-16-8-5-9-17(24)20(16)19(18)14-6-4-7-15(12-14)23(26)27/h4,6-7,12,18-19H,3,5,8-11H2,1-2H3/t18?,19-/m1/s1. The van der Waals surface area contributed by atoms with Crippen molar-refractivity contribution in [2.75, 3.05) is 18.1 Å². The molecule has 2 atom stereocenters. The molecular formula is C21H24N2O5S. The van der Waals surface area contributed by atoms with Gasteiger partial charge in [0.05, 0.1) is 4.92 Å². The van der Waals surface area contributed by atoms with Crippen LogP contribution in [-0.4, -0.2) is 40.5 Å². The van der Waals surface area contributed by atoms with E-state index in [2.05, 4.69) is 4.99 Å². The molecule has 29 heavy (non-hydrogen) atoms. The van der Waals surface area contributed by atoms with E-state index in [-0.39, 0.29) is 18.1 Å². The molecule has 0 saturated carbocycles. The molecule has 0 amide bonds. The minimum Gasteiger partial charge on any atom is -0.464 e. The number of aliphatic imine (C=N–C) groups is 1. The molecule has 1 aliphatic carbocycles. The van der Waals surface area contributed by atoms with Gasteiger partial charge < -0.3 is 4.74 Å². The molecule has 2 aliphatic rings. The summed E-state index contributed by atoms with van der Waals surface area (Å²) >= 11 is 1.67. The topological polar surface area (TPSA) is 98.9 Å². The molecule has 0 fully saturated rings. The second-order valence-corrected chi connectivity index (χ2v) is 8.46. The lowest BCUT2D eigenvalue weighted by molar-refractivity contribution is -0.384. The van der Waals surface area contributed by atoms with Crippen LogP contribution >= 0.6 is 11.8 Å². The van der Waals surface area contributed by atoms with Crippen LogP contribution < -0.4 is 0 Å². The van der Waals surface area contributed by atoms with Crippen LogP contribution in [0.5, 0.6) is 0 Å². The molecule has 1 aromatic carbocycles. The Morgan fingerprint density at radius 1 is 1.38 bits per heavy atom. The third-order valence-corrected chi connectivity index (χ3v) is 6.07. The number of carbonyl (C=O) groups is 2. The second-order valence-electron chi connectivity index (χ2n) is 7.06. The molecule has 3 rings (SSSR count). The fraction of sp³-hybridized carbons (Fsp3) is 0.476. The van der Waals surface area contributed by atoms with Crippen LogP contribution in [0.1, 0.15) is 44.6 Å². The number of allylic oxidation sites excluding steroid dienone is 2. The van der Waals surface area contributed by atoms with Gasteiger partial charge in [0, 0.05) is 47.2 Å². The van der Waals surface area contributed by atoms with Gasteiger partial charge in [-0.1, -0.05) is 19.1 Å². The van der Waals surface area contributed by atoms with Crippen LogP contribution in [0, 0.1) is 16.0 Å². The minimum absolute atomic E-state index is 0.0432. The monoisotopic (exact) mass is 416 g/mol. The van der Waals surface area contributed by atoms with Crippen molar-refractivity contribution in [1.82, 2.24) is 0 Å². The predicted molar refractivity (Wildman–Crippen MR) is 112 cm³/mol. The maximum Gasteiger partial charge on any atom is 0.315 e. The zero-order valence-electron chi connectivity index (χ0n) is 16.6. The van der Waals surface area contributed by atoms with Crippen molar-refractivity contribution >= 4 is 34.9 Å². The highest BCUT2D eigenvalue weighted by Gasteiger charge is 2.43.